The first-order valence-electron chi connectivity index (χ1n) is 9.51. The number of ether oxygens (including phenoxy) is 1. The Labute approximate surface area is 164 Å². The fourth-order valence-corrected chi connectivity index (χ4v) is 3.56. The van der Waals surface area contributed by atoms with Gasteiger partial charge in [0.25, 0.3) is 0 Å². The van der Waals surface area contributed by atoms with E-state index in [0.717, 1.165) is 28.6 Å². The van der Waals surface area contributed by atoms with E-state index in [2.05, 4.69) is 39.2 Å². The Morgan fingerprint density at radius 1 is 1.25 bits per heavy atom. The van der Waals surface area contributed by atoms with Gasteiger partial charge < -0.3 is 14.6 Å². The van der Waals surface area contributed by atoms with Crippen LogP contribution in [0.15, 0.2) is 43.0 Å². The number of hydrogen-bond acceptors (Lipinski definition) is 5. The minimum absolute atomic E-state index is 0.0596. The summed E-state index contributed by atoms with van der Waals surface area (Å²) in [6.07, 6.45) is 5.56. The molecule has 1 aliphatic heterocycles. The summed E-state index contributed by atoms with van der Waals surface area (Å²) in [5, 5.41) is 4.98. The summed E-state index contributed by atoms with van der Waals surface area (Å²) in [6, 6.07) is 8.33. The molecule has 4 rings (SSSR count). The maximum absolute atomic E-state index is 12.5. The van der Waals surface area contributed by atoms with Gasteiger partial charge in [-0.25, -0.2) is 9.97 Å². The number of hydrogen-bond donors (Lipinski definition) is 1. The molecule has 0 radical (unpaired) electrons. The molecule has 3 heterocycles. The van der Waals surface area contributed by atoms with Crippen LogP contribution >= 0.6 is 0 Å². The highest BCUT2D eigenvalue weighted by Crippen LogP contribution is 2.25. The molecule has 1 saturated heterocycles. The summed E-state index contributed by atoms with van der Waals surface area (Å²) < 4.78 is 7.61. The Kier molecular flexibility index (Phi) is 5.11. The van der Waals surface area contributed by atoms with Crippen LogP contribution in [-0.2, 0) is 16.6 Å². The molecule has 0 unspecified atom stereocenters. The monoisotopic (exact) mass is 379 g/mol. The third-order valence-electron chi connectivity index (χ3n) is 5.19. The molecule has 0 aliphatic carbocycles. The summed E-state index contributed by atoms with van der Waals surface area (Å²) in [4.78, 5) is 23.2. The van der Waals surface area contributed by atoms with Crippen molar-refractivity contribution in [2.45, 2.75) is 26.0 Å². The van der Waals surface area contributed by atoms with Crippen LogP contribution in [0.25, 0.3) is 22.0 Å². The molecule has 2 aromatic heterocycles. The van der Waals surface area contributed by atoms with Crippen molar-refractivity contribution in [2.75, 3.05) is 25.0 Å². The largest absolute Gasteiger partial charge is 0.376 e. The van der Waals surface area contributed by atoms with E-state index in [9.17, 15) is 4.79 Å². The lowest BCUT2D eigenvalue weighted by Gasteiger charge is -2.36. The van der Waals surface area contributed by atoms with E-state index in [1.807, 2.05) is 36.9 Å². The van der Waals surface area contributed by atoms with Gasteiger partial charge in [-0.15, -0.1) is 0 Å². The fourth-order valence-electron chi connectivity index (χ4n) is 3.56. The zero-order valence-electron chi connectivity index (χ0n) is 16.4. The Balaban J connectivity index is 1.50. The number of rotatable bonds is 4. The number of anilines is 1. The number of amides is 1. The van der Waals surface area contributed by atoms with E-state index in [-0.39, 0.29) is 18.1 Å². The first kappa shape index (κ1) is 18.6. The second kappa shape index (κ2) is 7.69. The van der Waals surface area contributed by atoms with Crippen LogP contribution in [0, 0.1) is 0 Å². The van der Waals surface area contributed by atoms with Crippen LogP contribution < -0.4 is 5.32 Å². The number of nitrogens with one attached hydrogen (secondary N) is 1. The Morgan fingerprint density at radius 2 is 2.11 bits per heavy atom. The molecule has 0 spiro atoms. The van der Waals surface area contributed by atoms with E-state index in [1.54, 1.807) is 12.5 Å². The van der Waals surface area contributed by atoms with Crippen LogP contribution in [0.4, 0.5) is 5.82 Å². The minimum atomic E-state index is -0.0596. The molecule has 0 bridgehead atoms. The molecule has 0 saturated carbocycles. The van der Waals surface area contributed by atoms with Gasteiger partial charge in [0.05, 0.1) is 37.5 Å². The number of aromatic nitrogens is 3. The van der Waals surface area contributed by atoms with Crippen molar-refractivity contribution < 1.29 is 9.53 Å². The summed E-state index contributed by atoms with van der Waals surface area (Å²) >= 11 is 0. The molecule has 146 valence electrons. The molecular weight excluding hydrogens is 354 g/mol. The molecule has 3 aromatic rings. The summed E-state index contributed by atoms with van der Waals surface area (Å²) in [5.41, 5.74) is 2.12. The number of nitrogens with zero attached hydrogens (tertiary/aromatic N) is 4. The van der Waals surface area contributed by atoms with E-state index in [0.29, 0.717) is 19.0 Å². The molecule has 1 amide bonds. The first-order chi connectivity index (χ1) is 13.5. The Bertz CT molecular complexity index is 999. The number of imidazole rings is 1. The van der Waals surface area contributed by atoms with Gasteiger partial charge in [-0.2, -0.15) is 0 Å². The highest BCUT2D eigenvalue weighted by Gasteiger charge is 2.25. The quantitative estimate of drug-likeness (QED) is 0.755. The van der Waals surface area contributed by atoms with Crippen LogP contribution in [0.5, 0.6) is 0 Å². The van der Waals surface area contributed by atoms with Crippen molar-refractivity contribution in [3.63, 3.8) is 0 Å². The highest BCUT2D eigenvalue weighted by atomic mass is 16.5. The number of carbonyl (C=O) groups excluding carboxylic acids is 1. The molecular formula is C21H25N5O2. The lowest BCUT2D eigenvalue weighted by atomic mass is 10.1. The maximum Gasteiger partial charge on any atom is 0.239 e. The van der Waals surface area contributed by atoms with Crippen molar-refractivity contribution in [3.05, 3.63) is 43.0 Å². The van der Waals surface area contributed by atoms with Gasteiger partial charge in [0, 0.05) is 36.8 Å². The summed E-state index contributed by atoms with van der Waals surface area (Å²) in [5.74, 6) is 0.504. The lowest BCUT2D eigenvalue weighted by molar-refractivity contribution is -0.121. The van der Waals surface area contributed by atoms with Crippen LogP contribution in [0.2, 0.25) is 0 Å². The molecule has 28 heavy (non-hydrogen) atoms. The van der Waals surface area contributed by atoms with Crippen LogP contribution in [0.1, 0.15) is 13.8 Å². The van der Waals surface area contributed by atoms with Gasteiger partial charge in [0.2, 0.25) is 5.91 Å². The number of carbonyl (C=O) groups is 1. The summed E-state index contributed by atoms with van der Waals surface area (Å²) in [7, 11) is 1.97. The standard InChI is InChI=1S/C21H25N5O2/c1-14-12-28-15(2)10-26(14)11-21(27)24-20-7-18-6-16(4-5-17(18)8-23-20)19-9-22-13-25(19)3/h4-9,13-15H,10-12H2,1-3H3,(H,23,24,27)/t14-,15-/m1/s1. The molecule has 1 aromatic carbocycles. The highest BCUT2D eigenvalue weighted by molar-refractivity contribution is 5.94. The van der Waals surface area contributed by atoms with E-state index >= 15 is 0 Å². The molecule has 7 heteroatoms. The Hall–Kier alpha value is -2.77. The lowest BCUT2D eigenvalue weighted by Crippen LogP contribution is -2.50. The zero-order valence-corrected chi connectivity index (χ0v) is 16.4. The van der Waals surface area contributed by atoms with Gasteiger partial charge in [-0.3, -0.25) is 9.69 Å². The van der Waals surface area contributed by atoms with Crippen molar-refractivity contribution >= 4 is 22.5 Å². The van der Waals surface area contributed by atoms with Gasteiger partial charge in [-0.05, 0) is 31.4 Å². The topological polar surface area (TPSA) is 72.3 Å². The van der Waals surface area contributed by atoms with Gasteiger partial charge >= 0.3 is 0 Å². The van der Waals surface area contributed by atoms with Crippen molar-refractivity contribution in [3.8, 4) is 11.3 Å². The second-order valence-corrected chi connectivity index (χ2v) is 7.49. The average Bonchev–Trinajstić information content (AvgIpc) is 3.10. The molecule has 7 nitrogen and oxygen atoms in total. The first-order valence-corrected chi connectivity index (χ1v) is 9.51. The second-order valence-electron chi connectivity index (χ2n) is 7.49. The fraction of sp³-hybridized carbons (Fsp3) is 0.381. The predicted octanol–water partition coefficient (Wildman–Crippen LogP) is 2.68. The molecule has 1 fully saturated rings. The smallest absolute Gasteiger partial charge is 0.239 e. The molecule has 2 atom stereocenters. The minimum Gasteiger partial charge on any atom is -0.376 e. The average molecular weight is 379 g/mol. The van der Waals surface area contributed by atoms with E-state index in [1.165, 1.54) is 0 Å². The number of aryl methyl sites for hydroxylation is 1. The number of fused-ring (bicyclic) bond motifs is 1. The van der Waals surface area contributed by atoms with E-state index in [4.69, 9.17) is 4.74 Å². The zero-order chi connectivity index (χ0) is 19.7. The molecule has 1 aliphatic rings. The molecule has 1 N–H and O–H groups in total. The van der Waals surface area contributed by atoms with Gasteiger partial charge in [0.1, 0.15) is 5.82 Å². The van der Waals surface area contributed by atoms with Crippen molar-refractivity contribution in [1.82, 2.24) is 19.4 Å². The van der Waals surface area contributed by atoms with E-state index < -0.39 is 0 Å². The van der Waals surface area contributed by atoms with Crippen molar-refractivity contribution in [2.24, 2.45) is 7.05 Å². The third kappa shape index (κ3) is 3.90. The van der Waals surface area contributed by atoms with Crippen molar-refractivity contribution in [1.29, 1.82) is 0 Å². The predicted molar refractivity (Wildman–Crippen MR) is 109 cm³/mol. The van der Waals surface area contributed by atoms with Crippen LogP contribution in [-0.4, -0.2) is 57.2 Å². The number of benzene rings is 1. The normalized spacial score (nSPS) is 20.4. The number of pyridine rings is 1. The summed E-state index contributed by atoms with van der Waals surface area (Å²) in [6.45, 7) is 5.85. The van der Waals surface area contributed by atoms with Gasteiger partial charge in [-0.1, -0.05) is 12.1 Å². The third-order valence-corrected chi connectivity index (χ3v) is 5.19. The number of morpholine rings is 1. The Morgan fingerprint density at radius 3 is 2.89 bits per heavy atom. The van der Waals surface area contributed by atoms with Gasteiger partial charge in [0.15, 0.2) is 0 Å². The van der Waals surface area contributed by atoms with Crippen LogP contribution in [0.3, 0.4) is 0 Å². The maximum atomic E-state index is 12.5. The SMILES string of the molecule is C[C@@H]1CN(CC(=O)Nc2cc3cc(-c4cncn4C)ccc3cn2)[C@H](C)CO1.